The second kappa shape index (κ2) is 5.20. The van der Waals surface area contributed by atoms with E-state index in [1.54, 1.807) is 0 Å². The van der Waals surface area contributed by atoms with Crippen molar-refractivity contribution in [1.82, 2.24) is 0 Å². The van der Waals surface area contributed by atoms with E-state index in [2.05, 4.69) is 122 Å². The Balaban J connectivity index is 2.07. The maximum absolute atomic E-state index is 8.76. The molecule has 0 fully saturated rings. The second-order valence-corrected chi connectivity index (χ2v) is 33.4. The van der Waals surface area contributed by atoms with Crippen LogP contribution in [0.25, 0.3) is 0 Å². The molecule has 0 aromatic carbocycles. The number of halogens is 2. The van der Waals surface area contributed by atoms with E-state index >= 15 is 0 Å². The summed E-state index contributed by atoms with van der Waals surface area (Å²) >= 11 is 0. The monoisotopic (exact) mass is 498 g/mol. The Morgan fingerprint density at radius 1 is 0.321 bits per heavy atom. The van der Waals surface area contributed by atoms with E-state index in [9.17, 15) is 0 Å². The molecule has 5 aliphatic rings. The SMILES string of the molecule is [Cl][Rh]([Cl])([CH]1C=CC=C1)([CH]1C=CC=C1)([CH]1C=CC=C1)([CH]1C=CC=C1)[CH]1C=CC=C1. The minimum absolute atomic E-state index is 0.0659. The first-order valence-electron chi connectivity index (χ1n) is 9.55. The third-order valence-electron chi connectivity index (χ3n) is 6.83. The molecule has 0 unspecified atom stereocenters. The normalized spacial score (nSPS) is 28.3. The van der Waals surface area contributed by atoms with E-state index in [-0.39, 0.29) is 22.6 Å². The molecule has 0 radical (unpaired) electrons. The van der Waals surface area contributed by atoms with Gasteiger partial charge in [0, 0.05) is 0 Å². The summed E-state index contributed by atoms with van der Waals surface area (Å²) in [5.74, 6) is 0. The van der Waals surface area contributed by atoms with Gasteiger partial charge >= 0.3 is 173 Å². The van der Waals surface area contributed by atoms with Gasteiger partial charge in [-0.3, -0.25) is 0 Å². The van der Waals surface area contributed by atoms with Crippen LogP contribution in [-0.4, -0.2) is 0 Å². The van der Waals surface area contributed by atoms with Crippen molar-refractivity contribution in [3.05, 3.63) is 122 Å². The van der Waals surface area contributed by atoms with Gasteiger partial charge in [0.1, 0.15) is 0 Å². The van der Waals surface area contributed by atoms with Crippen molar-refractivity contribution in [3.8, 4) is 0 Å². The molecule has 0 nitrogen and oxygen atoms in total. The predicted molar refractivity (Wildman–Crippen MR) is 122 cm³/mol. The molecule has 0 bridgehead atoms. The van der Waals surface area contributed by atoms with Crippen molar-refractivity contribution < 1.29 is 9.27 Å². The Hall–Kier alpha value is -1.40. The number of hydrogen-bond donors (Lipinski definition) is 0. The zero-order chi connectivity index (χ0) is 19.4. The summed E-state index contributed by atoms with van der Waals surface area (Å²) in [7, 11) is 11.9. The summed E-state index contributed by atoms with van der Waals surface area (Å²) in [5, 5.41) is 0. The molecule has 0 saturated carbocycles. The van der Waals surface area contributed by atoms with Gasteiger partial charge in [0.05, 0.1) is 0 Å². The van der Waals surface area contributed by atoms with Crippen LogP contribution in [0.1, 0.15) is 0 Å². The van der Waals surface area contributed by atoms with Crippen LogP contribution in [0.2, 0.25) is 22.6 Å². The van der Waals surface area contributed by atoms with Crippen molar-refractivity contribution in [2.24, 2.45) is 0 Å². The first-order chi connectivity index (χ1) is 13.4. The van der Waals surface area contributed by atoms with Crippen LogP contribution in [0.4, 0.5) is 0 Å². The van der Waals surface area contributed by atoms with E-state index in [1.165, 1.54) is 0 Å². The molecule has 0 amide bonds. The summed E-state index contributed by atoms with van der Waals surface area (Å²) in [5.41, 5.74) is 0. The van der Waals surface area contributed by atoms with Gasteiger partial charge in [0.25, 0.3) is 0 Å². The van der Waals surface area contributed by atoms with Gasteiger partial charge in [-0.1, -0.05) is 0 Å². The molecule has 28 heavy (non-hydrogen) atoms. The quantitative estimate of drug-likeness (QED) is 0.332. The fourth-order valence-corrected chi connectivity index (χ4v) is 29.9. The molecule has 0 spiro atoms. The fraction of sp³-hybridized carbons (Fsp3) is 0.200. The Kier molecular flexibility index (Phi) is 3.46. The van der Waals surface area contributed by atoms with Crippen LogP contribution in [0, 0.1) is 0 Å². The first-order valence-corrected chi connectivity index (χ1v) is 18.5. The summed E-state index contributed by atoms with van der Waals surface area (Å²) in [4.78, 5) is 0. The third-order valence-corrected chi connectivity index (χ3v) is 36.7. The van der Waals surface area contributed by atoms with Gasteiger partial charge in [-0.05, 0) is 0 Å². The van der Waals surface area contributed by atoms with Gasteiger partial charge < -0.3 is 0 Å². The van der Waals surface area contributed by atoms with Crippen LogP contribution < -0.4 is 0 Å². The van der Waals surface area contributed by atoms with Gasteiger partial charge in [0.15, 0.2) is 0 Å². The zero-order valence-corrected chi connectivity index (χ0v) is 18.7. The van der Waals surface area contributed by atoms with Gasteiger partial charge in [-0.25, -0.2) is 0 Å². The first kappa shape index (κ1) is 18.6. The molecule has 5 aliphatic carbocycles. The van der Waals surface area contributed by atoms with Crippen LogP contribution >= 0.6 is 19.4 Å². The van der Waals surface area contributed by atoms with Gasteiger partial charge in [-0.15, -0.1) is 0 Å². The molecule has 0 aliphatic heterocycles. The third kappa shape index (κ3) is 1.56. The maximum atomic E-state index is 8.76. The Morgan fingerprint density at radius 2 is 0.464 bits per heavy atom. The minimum atomic E-state index is -5.63. The van der Waals surface area contributed by atoms with Crippen LogP contribution in [0.3, 0.4) is 0 Å². The number of allylic oxidation sites excluding steroid dienone is 20. The average molecular weight is 499 g/mol. The van der Waals surface area contributed by atoms with Crippen LogP contribution in [0.15, 0.2) is 122 Å². The summed E-state index contributed by atoms with van der Waals surface area (Å²) in [6.45, 7) is 0. The summed E-state index contributed by atoms with van der Waals surface area (Å²) < 4.78 is -0.330. The van der Waals surface area contributed by atoms with Crippen molar-refractivity contribution in [1.29, 1.82) is 0 Å². The topological polar surface area (TPSA) is 0 Å². The Bertz CT molecular complexity index is 804. The Morgan fingerprint density at radius 3 is 0.607 bits per heavy atom. The average Bonchev–Trinajstić information content (AvgIpc) is 3.57. The second-order valence-electron chi connectivity index (χ2n) is 7.81. The van der Waals surface area contributed by atoms with E-state index < -0.39 is 9.27 Å². The standard InChI is InChI=1S/5C5H5.2ClH.Rh/c5*1-2-4-5-3-1;;;/h5*1-5H;2*1H;/q;;;;;;;+2/p-2. The molecular weight excluding hydrogens is 474 g/mol. The van der Waals surface area contributed by atoms with Gasteiger partial charge in [0.2, 0.25) is 0 Å². The number of hydrogen-bond acceptors (Lipinski definition) is 0. The van der Waals surface area contributed by atoms with E-state index in [0.717, 1.165) is 0 Å². The van der Waals surface area contributed by atoms with Crippen molar-refractivity contribution in [2.45, 2.75) is 22.6 Å². The summed E-state index contributed by atoms with van der Waals surface area (Å²) in [6.07, 6.45) is 43.7. The van der Waals surface area contributed by atoms with E-state index in [0.29, 0.717) is 0 Å². The molecule has 148 valence electrons. The van der Waals surface area contributed by atoms with E-state index in [4.69, 9.17) is 19.4 Å². The van der Waals surface area contributed by atoms with Crippen molar-refractivity contribution >= 4 is 19.4 Å². The van der Waals surface area contributed by atoms with Gasteiger partial charge in [-0.2, -0.15) is 0 Å². The molecule has 0 aromatic heterocycles. The molecule has 0 saturated heterocycles. The molecule has 0 aromatic rings. The van der Waals surface area contributed by atoms with E-state index in [1.807, 2.05) is 0 Å². The molecule has 3 heteroatoms. The molecule has 0 atom stereocenters. The fourth-order valence-electron chi connectivity index (χ4n) is 5.42. The number of rotatable bonds is 5. The van der Waals surface area contributed by atoms with Crippen molar-refractivity contribution in [2.75, 3.05) is 0 Å². The van der Waals surface area contributed by atoms with Crippen LogP contribution in [-0.2, 0) is 9.27 Å². The summed E-state index contributed by atoms with van der Waals surface area (Å²) in [6, 6.07) is 0. The predicted octanol–water partition coefficient (Wildman–Crippen LogP) is 8.63. The molecule has 0 heterocycles. The molecule has 0 N–H and O–H groups in total. The molecular formula is C25H25Cl2Rh. The van der Waals surface area contributed by atoms with Crippen LogP contribution in [0.5, 0.6) is 0 Å². The Labute approximate surface area is 172 Å². The zero-order valence-electron chi connectivity index (χ0n) is 15.5. The van der Waals surface area contributed by atoms with Crippen molar-refractivity contribution in [3.63, 3.8) is 0 Å². The molecule has 5 rings (SSSR count).